The first-order chi connectivity index (χ1) is 7.36. The van der Waals surface area contributed by atoms with Crippen LogP contribution in [0.5, 0.6) is 5.75 Å². The van der Waals surface area contributed by atoms with Crippen molar-refractivity contribution >= 4 is 30.5 Å². The van der Waals surface area contributed by atoms with Gasteiger partial charge < -0.3 is 10.5 Å². The third kappa shape index (κ3) is 4.51. The summed E-state index contributed by atoms with van der Waals surface area (Å²) in [6.07, 6.45) is 1.74. The van der Waals surface area contributed by atoms with Crippen molar-refractivity contribution in [2.75, 3.05) is 5.73 Å². The fraction of sp³-hybridized carbons (Fsp3) is 0.0833. The van der Waals surface area contributed by atoms with E-state index >= 15 is 0 Å². The number of aromatic nitrogens is 1. The first-order valence-electron chi connectivity index (χ1n) is 4.73. The molecule has 0 aliphatic heterocycles. The van der Waals surface area contributed by atoms with E-state index in [1.165, 1.54) is 0 Å². The summed E-state index contributed by atoms with van der Waals surface area (Å²) in [7, 11) is 0. The van der Waals surface area contributed by atoms with Gasteiger partial charge in [0.05, 0.1) is 11.4 Å². The fourth-order valence-electron chi connectivity index (χ4n) is 1.25. The molecule has 2 N–H and O–H groups in total. The molecule has 1 heterocycles. The number of para-hydroxylation sites is 2. The Bertz CT molecular complexity index is 438. The molecule has 92 valence electrons. The van der Waals surface area contributed by atoms with Gasteiger partial charge >= 0.3 is 0 Å². The van der Waals surface area contributed by atoms with Crippen molar-refractivity contribution in [1.29, 1.82) is 0 Å². The molecule has 0 bridgehead atoms. The van der Waals surface area contributed by atoms with Gasteiger partial charge in [0.15, 0.2) is 0 Å². The molecule has 0 atom stereocenters. The molecule has 2 aromatic rings. The summed E-state index contributed by atoms with van der Waals surface area (Å²) in [4.78, 5) is 4.16. The van der Waals surface area contributed by atoms with Crippen LogP contribution < -0.4 is 10.5 Å². The van der Waals surface area contributed by atoms with E-state index in [0.29, 0.717) is 18.0 Å². The van der Waals surface area contributed by atoms with E-state index in [9.17, 15) is 0 Å². The Hall–Kier alpha value is -1.45. The van der Waals surface area contributed by atoms with Gasteiger partial charge in [0.2, 0.25) is 0 Å². The first-order valence-corrected chi connectivity index (χ1v) is 4.73. The van der Waals surface area contributed by atoms with E-state index in [2.05, 4.69) is 4.98 Å². The highest BCUT2D eigenvalue weighted by Crippen LogP contribution is 2.20. The molecule has 0 fully saturated rings. The Kier molecular flexibility index (Phi) is 7.10. The zero-order chi connectivity index (χ0) is 10.5. The topological polar surface area (TPSA) is 48.1 Å². The van der Waals surface area contributed by atoms with Crippen LogP contribution in [0.1, 0.15) is 5.69 Å². The van der Waals surface area contributed by atoms with Gasteiger partial charge in [-0.05, 0) is 24.3 Å². The van der Waals surface area contributed by atoms with Crippen LogP contribution in [0.3, 0.4) is 0 Å². The summed E-state index contributed by atoms with van der Waals surface area (Å²) in [6, 6.07) is 13.2. The van der Waals surface area contributed by atoms with Crippen molar-refractivity contribution in [3.05, 3.63) is 54.4 Å². The molecule has 1 aromatic carbocycles. The molecule has 2 rings (SSSR count). The molecule has 0 radical (unpaired) electrons. The largest absolute Gasteiger partial charge is 0.485 e. The van der Waals surface area contributed by atoms with Crippen molar-refractivity contribution < 1.29 is 4.74 Å². The smallest absolute Gasteiger partial charge is 0.142 e. The van der Waals surface area contributed by atoms with Crippen LogP contribution in [-0.4, -0.2) is 4.98 Å². The lowest BCUT2D eigenvalue weighted by molar-refractivity contribution is 0.303. The quantitative estimate of drug-likeness (QED) is 0.874. The molecule has 0 amide bonds. The van der Waals surface area contributed by atoms with Crippen molar-refractivity contribution in [2.24, 2.45) is 0 Å². The predicted molar refractivity (Wildman–Crippen MR) is 73.9 cm³/mol. The highest BCUT2D eigenvalue weighted by molar-refractivity contribution is 5.85. The van der Waals surface area contributed by atoms with Crippen molar-refractivity contribution in [1.82, 2.24) is 4.98 Å². The zero-order valence-electron chi connectivity index (χ0n) is 9.08. The van der Waals surface area contributed by atoms with Crippen LogP contribution in [0.4, 0.5) is 5.69 Å². The van der Waals surface area contributed by atoms with Crippen LogP contribution in [0.25, 0.3) is 0 Å². The zero-order valence-corrected chi connectivity index (χ0v) is 10.7. The van der Waals surface area contributed by atoms with E-state index in [4.69, 9.17) is 10.5 Å². The van der Waals surface area contributed by atoms with Gasteiger partial charge in [0.25, 0.3) is 0 Å². The lowest BCUT2D eigenvalue weighted by Crippen LogP contribution is -1.99. The Labute approximate surface area is 113 Å². The van der Waals surface area contributed by atoms with Crippen LogP contribution in [0.2, 0.25) is 0 Å². The molecule has 0 unspecified atom stereocenters. The average Bonchev–Trinajstić information content (AvgIpc) is 2.29. The second-order valence-corrected chi connectivity index (χ2v) is 3.15. The van der Waals surface area contributed by atoms with E-state index in [1.807, 2.05) is 42.5 Å². The molecule has 0 aliphatic rings. The number of nitrogens with two attached hydrogens (primary N) is 1. The molecule has 0 spiro atoms. The summed E-state index contributed by atoms with van der Waals surface area (Å²) in [5.41, 5.74) is 7.28. The molecule has 1 aromatic heterocycles. The van der Waals surface area contributed by atoms with E-state index < -0.39 is 0 Å². The van der Waals surface area contributed by atoms with E-state index in [-0.39, 0.29) is 24.8 Å². The maximum Gasteiger partial charge on any atom is 0.142 e. The van der Waals surface area contributed by atoms with Gasteiger partial charge in [-0.3, -0.25) is 4.98 Å². The molecule has 0 aliphatic carbocycles. The van der Waals surface area contributed by atoms with Crippen LogP contribution >= 0.6 is 24.8 Å². The molecular formula is C12H14Cl2N2O. The van der Waals surface area contributed by atoms with Crippen LogP contribution in [0.15, 0.2) is 48.7 Å². The third-order valence-electron chi connectivity index (χ3n) is 2.02. The molecule has 5 heteroatoms. The molecular weight excluding hydrogens is 259 g/mol. The van der Waals surface area contributed by atoms with Gasteiger partial charge in [0, 0.05) is 6.20 Å². The Balaban J connectivity index is 0.00000128. The average molecular weight is 273 g/mol. The minimum absolute atomic E-state index is 0. The highest BCUT2D eigenvalue weighted by atomic mass is 35.5. The summed E-state index contributed by atoms with van der Waals surface area (Å²) >= 11 is 0. The fourth-order valence-corrected chi connectivity index (χ4v) is 1.25. The minimum atomic E-state index is 0. The Morgan fingerprint density at radius 3 is 2.35 bits per heavy atom. The normalized spacial score (nSPS) is 8.71. The van der Waals surface area contributed by atoms with Gasteiger partial charge in [-0.1, -0.05) is 18.2 Å². The summed E-state index contributed by atoms with van der Waals surface area (Å²) in [5, 5.41) is 0. The standard InChI is InChI=1S/C12H12N2O.2ClH/c13-11-6-1-2-7-12(11)15-9-10-5-3-4-8-14-10;;/h1-8H,9,13H2;2*1H. The maximum atomic E-state index is 5.74. The van der Waals surface area contributed by atoms with Crippen LogP contribution in [0, 0.1) is 0 Å². The lowest BCUT2D eigenvalue weighted by atomic mass is 10.3. The second kappa shape index (κ2) is 7.76. The minimum Gasteiger partial charge on any atom is -0.485 e. The SMILES string of the molecule is Cl.Cl.Nc1ccccc1OCc1ccccn1. The van der Waals surface area contributed by atoms with E-state index in [1.54, 1.807) is 6.20 Å². The second-order valence-electron chi connectivity index (χ2n) is 3.15. The summed E-state index contributed by atoms with van der Waals surface area (Å²) in [6.45, 7) is 0.440. The number of pyridine rings is 1. The lowest BCUT2D eigenvalue weighted by Gasteiger charge is -2.07. The van der Waals surface area contributed by atoms with Gasteiger partial charge in [-0.2, -0.15) is 0 Å². The van der Waals surface area contributed by atoms with E-state index in [0.717, 1.165) is 5.69 Å². The van der Waals surface area contributed by atoms with Gasteiger partial charge in [-0.15, -0.1) is 24.8 Å². The number of benzene rings is 1. The van der Waals surface area contributed by atoms with Gasteiger partial charge in [-0.25, -0.2) is 0 Å². The van der Waals surface area contributed by atoms with Crippen molar-refractivity contribution in [3.8, 4) is 5.75 Å². The van der Waals surface area contributed by atoms with Crippen LogP contribution in [-0.2, 0) is 6.61 Å². The predicted octanol–water partition coefficient (Wildman–Crippen LogP) is 3.09. The molecule has 0 saturated carbocycles. The monoisotopic (exact) mass is 272 g/mol. The number of nitrogen functional groups attached to an aromatic ring is 1. The highest BCUT2D eigenvalue weighted by Gasteiger charge is 1.99. The number of ether oxygens (including phenoxy) is 1. The molecule has 3 nitrogen and oxygen atoms in total. The van der Waals surface area contributed by atoms with Crippen molar-refractivity contribution in [2.45, 2.75) is 6.61 Å². The third-order valence-corrected chi connectivity index (χ3v) is 2.02. The maximum absolute atomic E-state index is 5.74. The Morgan fingerprint density at radius 2 is 1.71 bits per heavy atom. The number of hydrogen-bond donors (Lipinski definition) is 1. The number of hydrogen-bond acceptors (Lipinski definition) is 3. The number of rotatable bonds is 3. The Morgan fingerprint density at radius 1 is 1.00 bits per heavy atom. The number of nitrogens with zero attached hydrogens (tertiary/aromatic N) is 1. The number of anilines is 1. The first kappa shape index (κ1) is 15.6. The molecule has 17 heavy (non-hydrogen) atoms. The van der Waals surface area contributed by atoms with Crippen molar-refractivity contribution in [3.63, 3.8) is 0 Å². The summed E-state index contributed by atoms with van der Waals surface area (Å²) < 4.78 is 5.54. The summed E-state index contributed by atoms with van der Waals surface area (Å²) in [5.74, 6) is 0.697. The number of halogens is 2. The molecule has 0 saturated heterocycles. The van der Waals surface area contributed by atoms with Gasteiger partial charge in [0.1, 0.15) is 12.4 Å².